The highest BCUT2D eigenvalue weighted by Crippen LogP contribution is 2.29. The fraction of sp³-hybridized carbons (Fsp3) is 0.833. The molecular weight excluding hydrogens is 188 g/mol. The van der Waals surface area contributed by atoms with Crippen molar-refractivity contribution in [3.63, 3.8) is 0 Å². The predicted octanol–water partition coefficient (Wildman–Crippen LogP) is 0.320. The minimum Gasteiger partial charge on any atom is -0.374 e. The van der Waals surface area contributed by atoms with Crippen molar-refractivity contribution in [3.05, 3.63) is 0 Å². The standard InChI is InChI=1S/C12H20N2O/c1-2-6-14(9-11-3-4-11)10-12-8-13-5-7-15-12/h1,11-13H,3-10H2. The monoisotopic (exact) mass is 208 g/mol. The van der Waals surface area contributed by atoms with Crippen LogP contribution >= 0.6 is 0 Å². The Kier molecular flexibility index (Phi) is 4.01. The number of hydrogen-bond acceptors (Lipinski definition) is 3. The first-order valence-corrected chi connectivity index (χ1v) is 5.86. The van der Waals surface area contributed by atoms with Crippen molar-refractivity contribution in [1.29, 1.82) is 0 Å². The average molecular weight is 208 g/mol. The molecule has 1 aliphatic carbocycles. The van der Waals surface area contributed by atoms with Gasteiger partial charge < -0.3 is 10.1 Å². The molecular formula is C12H20N2O. The van der Waals surface area contributed by atoms with E-state index in [1.54, 1.807) is 0 Å². The second kappa shape index (κ2) is 5.50. The molecule has 0 aromatic rings. The number of terminal acetylenes is 1. The third-order valence-electron chi connectivity index (χ3n) is 2.99. The van der Waals surface area contributed by atoms with Gasteiger partial charge in [0.2, 0.25) is 0 Å². The summed E-state index contributed by atoms with van der Waals surface area (Å²) in [6.45, 7) is 5.67. The summed E-state index contributed by atoms with van der Waals surface area (Å²) in [5.41, 5.74) is 0. The third kappa shape index (κ3) is 3.83. The van der Waals surface area contributed by atoms with Gasteiger partial charge in [-0.2, -0.15) is 0 Å². The van der Waals surface area contributed by atoms with Crippen LogP contribution in [0.3, 0.4) is 0 Å². The maximum Gasteiger partial charge on any atom is 0.0827 e. The van der Waals surface area contributed by atoms with Crippen molar-refractivity contribution in [2.24, 2.45) is 5.92 Å². The molecule has 3 heteroatoms. The molecule has 1 unspecified atom stereocenters. The number of morpholine rings is 1. The van der Waals surface area contributed by atoms with Crippen LogP contribution in [0.1, 0.15) is 12.8 Å². The van der Waals surface area contributed by atoms with Crippen LogP contribution in [-0.2, 0) is 4.74 Å². The lowest BCUT2D eigenvalue weighted by molar-refractivity contribution is 0.00717. The van der Waals surface area contributed by atoms with Crippen LogP contribution in [0.4, 0.5) is 0 Å². The van der Waals surface area contributed by atoms with Gasteiger partial charge in [-0.05, 0) is 18.8 Å². The van der Waals surface area contributed by atoms with Gasteiger partial charge in [0.15, 0.2) is 0 Å². The molecule has 0 amide bonds. The smallest absolute Gasteiger partial charge is 0.0827 e. The van der Waals surface area contributed by atoms with Gasteiger partial charge in [0.1, 0.15) is 0 Å². The molecule has 2 fully saturated rings. The Morgan fingerprint density at radius 3 is 2.87 bits per heavy atom. The van der Waals surface area contributed by atoms with Crippen LogP contribution < -0.4 is 5.32 Å². The van der Waals surface area contributed by atoms with Crippen LogP contribution in [0.5, 0.6) is 0 Å². The number of nitrogens with zero attached hydrogens (tertiary/aromatic N) is 1. The number of nitrogens with one attached hydrogen (secondary N) is 1. The van der Waals surface area contributed by atoms with Gasteiger partial charge in [-0.3, -0.25) is 4.90 Å². The molecule has 2 aliphatic rings. The van der Waals surface area contributed by atoms with E-state index in [1.165, 1.54) is 12.8 Å². The fourth-order valence-corrected chi connectivity index (χ4v) is 2.02. The van der Waals surface area contributed by atoms with Gasteiger partial charge >= 0.3 is 0 Å². The third-order valence-corrected chi connectivity index (χ3v) is 2.99. The van der Waals surface area contributed by atoms with Crippen molar-refractivity contribution in [2.75, 3.05) is 39.3 Å². The van der Waals surface area contributed by atoms with Crippen LogP contribution in [0.15, 0.2) is 0 Å². The quantitative estimate of drug-likeness (QED) is 0.659. The van der Waals surface area contributed by atoms with Crippen molar-refractivity contribution in [1.82, 2.24) is 10.2 Å². The topological polar surface area (TPSA) is 24.5 Å². The van der Waals surface area contributed by atoms with Gasteiger partial charge in [-0.1, -0.05) is 5.92 Å². The second-order valence-corrected chi connectivity index (χ2v) is 4.54. The molecule has 3 nitrogen and oxygen atoms in total. The fourth-order valence-electron chi connectivity index (χ4n) is 2.02. The van der Waals surface area contributed by atoms with E-state index in [4.69, 9.17) is 11.2 Å². The Hall–Kier alpha value is -0.560. The van der Waals surface area contributed by atoms with Crippen LogP contribution in [-0.4, -0.2) is 50.3 Å². The Balaban J connectivity index is 1.73. The first-order valence-electron chi connectivity index (χ1n) is 5.86. The van der Waals surface area contributed by atoms with E-state index in [1.807, 2.05) is 0 Å². The maximum atomic E-state index is 5.68. The zero-order valence-corrected chi connectivity index (χ0v) is 9.24. The maximum absolute atomic E-state index is 5.68. The molecule has 0 radical (unpaired) electrons. The molecule has 1 heterocycles. The van der Waals surface area contributed by atoms with Crippen LogP contribution in [0.25, 0.3) is 0 Å². The molecule has 84 valence electrons. The molecule has 1 aliphatic heterocycles. The summed E-state index contributed by atoms with van der Waals surface area (Å²) in [7, 11) is 0. The zero-order chi connectivity index (χ0) is 10.5. The van der Waals surface area contributed by atoms with E-state index in [0.717, 1.165) is 45.2 Å². The van der Waals surface area contributed by atoms with Gasteiger partial charge in [-0.25, -0.2) is 0 Å². The molecule has 1 N–H and O–H groups in total. The Morgan fingerprint density at radius 2 is 2.27 bits per heavy atom. The Labute approximate surface area is 92.2 Å². The molecule has 0 aromatic heterocycles. The van der Waals surface area contributed by atoms with Gasteiger partial charge in [0.05, 0.1) is 19.3 Å². The largest absolute Gasteiger partial charge is 0.374 e. The van der Waals surface area contributed by atoms with Gasteiger partial charge in [-0.15, -0.1) is 6.42 Å². The molecule has 1 atom stereocenters. The number of rotatable bonds is 5. The molecule has 0 aromatic carbocycles. The summed E-state index contributed by atoms with van der Waals surface area (Å²) in [6, 6.07) is 0. The molecule has 2 rings (SSSR count). The minimum absolute atomic E-state index is 0.325. The highest BCUT2D eigenvalue weighted by molar-refractivity contribution is 4.91. The van der Waals surface area contributed by atoms with Crippen molar-refractivity contribution >= 4 is 0 Å². The Bertz CT molecular complexity index is 226. The summed E-state index contributed by atoms with van der Waals surface area (Å²) < 4.78 is 5.68. The van der Waals surface area contributed by atoms with Crippen LogP contribution in [0, 0.1) is 18.3 Å². The lowest BCUT2D eigenvalue weighted by atomic mass is 10.2. The van der Waals surface area contributed by atoms with E-state index in [2.05, 4.69) is 16.1 Å². The SMILES string of the molecule is C#CCN(CC1CC1)CC1CNCCO1. The summed E-state index contributed by atoms with van der Waals surface area (Å²) in [5.74, 6) is 3.64. The van der Waals surface area contributed by atoms with Gasteiger partial charge in [0.25, 0.3) is 0 Å². The molecule has 15 heavy (non-hydrogen) atoms. The van der Waals surface area contributed by atoms with E-state index >= 15 is 0 Å². The van der Waals surface area contributed by atoms with Crippen LogP contribution in [0.2, 0.25) is 0 Å². The van der Waals surface area contributed by atoms with Crippen molar-refractivity contribution in [2.45, 2.75) is 18.9 Å². The molecule has 0 spiro atoms. The summed E-state index contributed by atoms with van der Waals surface area (Å²) in [4.78, 5) is 2.36. The molecule has 0 bridgehead atoms. The Morgan fingerprint density at radius 1 is 1.40 bits per heavy atom. The highest BCUT2D eigenvalue weighted by Gasteiger charge is 2.25. The average Bonchev–Trinajstić information content (AvgIpc) is 3.03. The number of ether oxygens (including phenoxy) is 1. The van der Waals surface area contributed by atoms with E-state index < -0.39 is 0 Å². The van der Waals surface area contributed by atoms with E-state index in [0.29, 0.717) is 6.10 Å². The normalized spacial score (nSPS) is 26.5. The molecule has 1 saturated heterocycles. The zero-order valence-electron chi connectivity index (χ0n) is 9.24. The second-order valence-electron chi connectivity index (χ2n) is 4.54. The minimum atomic E-state index is 0.325. The van der Waals surface area contributed by atoms with Gasteiger partial charge in [0, 0.05) is 26.2 Å². The van der Waals surface area contributed by atoms with E-state index in [-0.39, 0.29) is 0 Å². The summed E-state index contributed by atoms with van der Waals surface area (Å²) >= 11 is 0. The van der Waals surface area contributed by atoms with Crippen molar-refractivity contribution in [3.8, 4) is 12.3 Å². The lowest BCUT2D eigenvalue weighted by Crippen LogP contribution is -2.45. The first-order chi connectivity index (χ1) is 7.38. The molecule has 1 saturated carbocycles. The number of hydrogen-bond donors (Lipinski definition) is 1. The van der Waals surface area contributed by atoms with Crippen molar-refractivity contribution < 1.29 is 4.74 Å². The summed E-state index contributed by atoms with van der Waals surface area (Å²) in [5, 5.41) is 3.35. The highest BCUT2D eigenvalue weighted by atomic mass is 16.5. The lowest BCUT2D eigenvalue weighted by Gasteiger charge is -2.29. The predicted molar refractivity (Wildman–Crippen MR) is 60.6 cm³/mol. The van der Waals surface area contributed by atoms with E-state index in [9.17, 15) is 0 Å². The first kappa shape index (κ1) is 10.9. The summed E-state index contributed by atoms with van der Waals surface area (Å²) in [6.07, 6.45) is 8.47.